The summed E-state index contributed by atoms with van der Waals surface area (Å²) in [6.45, 7) is 3.99. The van der Waals surface area contributed by atoms with E-state index < -0.39 is 0 Å². The summed E-state index contributed by atoms with van der Waals surface area (Å²) in [6, 6.07) is 8.17. The molecule has 1 atom stereocenters. The van der Waals surface area contributed by atoms with Crippen LogP contribution < -0.4 is 10.1 Å². The van der Waals surface area contributed by atoms with Crippen molar-refractivity contribution in [1.29, 1.82) is 0 Å². The SMILES string of the molecule is CC[C@H](Oc1ccc(C)cc1)C(=O)NC1CC1. The molecule has 0 unspecified atom stereocenters. The molecule has 0 bridgehead atoms. The second-order valence-electron chi connectivity index (χ2n) is 4.61. The van der Waals surface area contributed by atoms with E-state index in [1.165, 1.54) is 5.56 Å². The fourth-order valence-electron chi connectivity index (χ4n) is 1.63. The Labute approximate surface area is 102 Å². The number of aryl methyl sites for hydroxylation is 1. The minimum absolute atomic E-state index is 0.00979. The third kappa shape index (κ3) is 3.48. The van der Waals surface area contributed by atoms with Crippen molar-refractivity contribution in [2.24, 2.45) is 0 Å². The molecule has 1 aromatic rings. The molecule has 1 aromatic carbocycles. The molecule has 0 radical (unpaired) electrons. The molecule has 3 nitrogen and oxygen atoms in total. The molecule has 0 spiro atoms. The van der Waals surface area contributed by atoms with Crippen molar-refractivity contribution in [1.82, 2.24) is 5.32 Å². The van der Waals surface area contributed by atoms with E-state index in [9.17, 15) is 4.79 Å². The van der Waals surface area contributed by atoms with Gasteiger partial charge in [0.25, 0.3) is 5.91 Å². The van der Waals surface area contributed by atoms with Gasteiger partial charge >= 0.3 is 0 Å². The van der Waals surface area contributed by atoms with Crippen LogP contribution in [0.25, 0.3) is 0 Å². The highest BCUT2D eigenvalue weighted by molar-refractivity contribution is 5.81. The molecule has 0 saturated heterocycles. The summed E-state index contributed by atoms with van der Waals surface area (Å²) >= 11 is 0. The fourth-order valence-corrected chi connectivity index (χ4v) is 1.63. The van der Waals surface area contributed by atoms with E-state index in [2.05, 4.69) is 5.32 Å². The topological polar surface area (TPSA) is 38.3 Å². The van der Waals surface area contributed by atoms with Crippen molar-refractivity contribution in [2.75, 3.05) is 0 Å². The zero-order valence-corrected chi connectivity index (χ0v) is 10.4. The molecule has 1 fully saturated rings. The van der Waals surface area contributed by atoms with Crippen LogP contribution in [0.15, 0.2) is 24.3 Å². The zero-order chi connectivity index (χ0) is 12.3. The summed E-state index contributed by atoms with van der Waals surface area (Å²) in [5.41, 5.74) is 1.19. The van der Waals surface area contributed by atoms with E-state index in [0.29, 0.717) is 12.5 Å². The van der Waals surface area contributed by atoms with Crippen molar-refractivity contribution in [3.8, 4) is 5.75 Å². The summed E-state index contributed by atoms with van der Waals surface area (Å²) in [7, 11) is 0. The predicted octanol–water partition coefficient (Wildman–Crippen LogP) is 2.43. The minimum atomic E-state index is -0.377. The molecule has 1 aliphatic rings. The third-order valence-electron chi connectivity index (χ3n) is 2.89. The van der Waals surface area contributed by atoms with Crippen LogP contribution in [0.5, 0.6) is 5.75 Å². The molecule has 17 heavy (non-hydrogen) atoms. The third-order valence-corrected chi connectivity index (χ3v) is 2.89. The number of amides is 1. The van der Waals surface area contributed by atoms with Crippen molar-refractivity contribution < 1.29 is 9.53 Å². The Morgan fingerprint density at radius 3 is 2.59 bits per heavy atom. The normalized spacial score (nSPS) is 16.4. The van der Waals surface area contributed by atoms with Gasteiger partial charge in [0.2, 0.25) is 0 Å². The van der Waals surface area contributed by atoms with Crippen LogP contribution >= 0.6 is 0 Å². The molecular formula is C14H19NO2. The van der Waals surface area contributed by atoms with E-state index in [4.69, 9.17) is 4.74 Å². The Bertz CT molecular complexity index is 382. The minimum Gasteiger partial charge on any atom is -0.481 e. The average Bonchev–Trinajstić information content (AvgIpc) is 3.12. The lowest BCUT2D eigenvalue weighted by Gasteiger charge is -2.17. The maximum absolute atomic E-state index is 11.9. The molecule has 1 aliphatic carbocycles. The van der Waals surface area contributed by atoms with Gasteiger partial charge in [0.15, 0.2) is 6.10 Å². The zero-order valence-electron chi connectivity index (χ0n) is 10.4. The summed E-state index contributed by atoms with van der Waals surface area (Å²) < 4.78 is 5.70. The average molecular weight is 233 g/mol. The van der Waals surface area contributed by atoms with E-state index in [1.807, 2.05) is 38.1 Å². The lowest BCUT2D eigenvalue weighted by Crippen LogP contribution is -2.39. The molecule has 0 aromatic heterocycles. The van der Waals surface area contributed by atoms with E-state index in [-0.39, 0.29) is 12.0 Å². The smallest absolute Gasteiger partial charge is 0.261 e. The van der Waals surface area contributed by atoms with Crippen LogP contribution in [0.1, 0.15) is 31.7 Å². The first-order chi connectivity index (χ1) is 8.19. The second-order valence-corrected chi connectivity index (χ2v) is 4.61. The number of ether oxygens (including phenoxy) is 1. The lowest BCUT2D eigenvalue weighted by atomic mass is 10.2. The van der Waals surface area contributed by atoms with Crippen LogP contribution in [0.4, 0.5) is 0 Å². The second kappa shape index (κ2) is 5.21. The summed E-state index contributed by atoms with van der Waals surface area (Å²) in [5, 5.41) is 2.97. The Hall–Kier alpha value is -1.51. The predicted molar refractivity (Wildman–Crippen MR) is 67.1 cm³/mol. The highest BCUT2D eigenvalue weighted by atomic mass is 16.5. The number of hydrogen-bond acceptors (Lipinski definition) is 2. The molecular weight excluding hydrogens is 214 g/mol. The highest BCUT2D eigenvalue weighted by Gasteiger charge is 2.27. The van der Waals surface area contributed by atoms with Crippen LogP contribution in [-0.4, -0.2) is 18.1 Å². The van der Waals surface area contributed by atoms with Gasteiger partial charge in [-0.3, -0.25) is 4.79 Å². The molecule has 1 amide bonds. The van der Waals surface area contributed by atoms with Gasteiger partial charge < -0.3 is 10.1 Å². The van der Waals surface area contributed by atoms with Crippen molar-refractivity contribution >= 4 is 5.91 Å². The molecule has 1 N–H and O–H groups in total. The van der Waals surface area contributed by atoms with Gasteiger partial charge in [0.05, 0.1) is 0 Å². The van der Waals surface area contributed by atoms with Gasteiger partial charge in [0, 0.05) is 6.04 Å². The summed E-state index contributed by atoms with van der Waals surface area (Å²) in [5.74, 6) is 0.768. The van der Waals surface area contributed by atoms with Gasteiger partial charge in [-0.1, -0.05) is 24.6 Å². The molecule has 1 saturated carbocycles. The number of nitrogens with one attached hydrogen (secondary N) is 1. The molecule has 0 aliphatic heterocycles. The van der Waals surface area contributed by atoms with Crippen LogP contribution in [0, 0.1) is 6.92 Å². The fraction of sp³-hybridized carbons (Fsp3) is 0.500. The molecule has 0 heterocycles. The van der Waals surface area contributed by atoms with Crippen molar-refractivity contribution in [2.45, 2.75) is 45.3 Å². The molecule has 2 rings (SSSR count). The number of benzene rings is 1. The van der Waals surface area contributed by atoms with Crippen molar-refractivity contribution in [3.05, 3.63) is 29.8 Å². The first kappa shape index (κ1) is 12.0. The first-order valence-corrected chi connectivity index (χ1v) is 6.22. The quantitative estimate of drug-likeness (QED) is 0.848. The van der Waals surface area contributed by atoms with Gasteiger partial charge in [0.1, 0.15) is 5.75 Å². The highest BCUT2D eigenvalue weighted by Crippen LogP contribution is 2.20. The standard InChI is InChI=1S/C14H19NO2/c1-3-13(14(16)15-11-6-7-11)17-12-8-4-10(2)5-9-12/h4-5,8-9,11,13H,3,6-7H2,1-2H3,(H,15,16)/t13-/m0/s1. The number of carbonyl (C=O) groups excluding carboxylic acids is 1. The van der Waals surface area contributed by atoms with Crippen LogP contribution in [0.2, 0.25) is 0 Å². The maximum Gasteiger partial charge on any atom is 0.261 e. The Balaban J connectivity index is 1.93. The Morgan fingerprint density at radius 2 is 2.06 bits per heavy atom. The number of rotatable bonds is 5. The number of carbonyl (C=O) groups is 1. The Morgan fingerprint density at radius 1 is 1.41 bits per heavy atom. The van der Waals surface area contributed by atoms with Crippen LogP contribution in [0.3, 0.4) is 0 Å². The summed E-state index contributed by atoms with van der Waals surface area (Å²) in [4.78, 5) is 11.9. The van der Waals surface area contributed by atoms with E-state index >= 15 is 0 Å². The Kier molecular flexibility index (Phi) is 3.67. The largest absolute Gasteiger partial charge is 0.481 e. The first-order valence-electron chi connectivity index (χ1n) is 6.22. The van der Waals surface area contributed by atoms with E-state index in [0.717, 1.165) is 18.6 Å². The monoisotopic (exact) mass is 233 g/mol. The van der Waals surface area contributed by atoms with Gasteiger partial charge in [-0.25, -0.2) is 0 Å². The van der Waals surface area contributed by atoms with Crippen molar-refractivity contribution in [3.63, 3.8) is 0 Å². The summed E-state index contributed by atoms with van der Waals surface area (Å²) in [6.07, 6.45) is 2.52. The van der Waals surface area contributed by atoms with Gasteiger partial charge in [-0.05, 0) is 38.3 Å². The van der Waals surface area contributed by atoms with Gasteiger partial charge in [-0.2, -0.15) is 0 Å². The molecule has 3 heteroatoms. The molecule has 92 valence electrons. The van der Waals surface area contributed by atoms with E-state index in [1.54, 1.807) is 0 Å². The lowest BCUT2D eigenvalue weighted by molar-refractivity contribution is -0.128. The maximum atomic E-state index is 11.9. The van der Waals surface area contributed by atoms with Crippen LogP contribution in [-0.2, 0) is 4.79 Å². The number of hydrogen-bond donors (Lipinski definition) is 1. The van der Waals surface area contributed by atoms with Gasteiger partial charge in [-0.15, -0.1) is 0 Å².